The highest BCUT2D eigenvalue weighted by Gasteiger charge is 2.30. The zero-order valence-corrected chi connectivity index (χ0v) is 11.0. The predicted molar refractivity (Wildman–Crippen MR) is 66.4 cm³/mol. The van der Waals surface area contributed by atoms with Crippen molar-refractivity contribution in [3.8, 4) is 0 Å². The van der Waals surface area contributed by atoms with E-state index in [2.05, 4.69) is 9.97 Å². The van der Waals surface area contributed by atoms with Crippen LogP contribution in [0.25, 0.3) is 0 Å². The first kappa shape index (κ1) is 14.9. The minimum Gasteiger partial charge on any atom is -0.465 e. The maximum Gasteiger partial charge on any atom is 0.316 e. The molecule has 102 valence electrons. The number of carbonyl (C=O) groups excluding carboxylic acids is 3. The number of aromatic nitrogens is 2. The molecule has 1 heterocycles. The molecule has 0 bridgehead atoms. The third kappa shape index (κ3) is 4.57. The molecular weight excluding hydrogens is 248 g/mol. The van der Waals surface area contributed by atoms with E-state index in [-0.39, 0.29) is 31.1 Å². The van der Waals surface area contributed by atoms with Crippen LogP contribution in [-0.4, -0.2) is 34.1 Å². The average molecular weight is 264 g/mol. The third-order valence-electron chi connectivity index (χ3n) is 2.46. The second-order valence-electron chi connectivity index (χ2n) is 3.98. The number of hydrogen-bond acceptors (Lipinski definition) is 6. The van der Waals surface area contributed by atoms with E-state index < -0.39 is 17.7 Å². The molecule has 0 spiro atoms. The summed E-state index contributed by atoms with van der Waals surface area (Å²) in [6, 6.07) is 1.58. The Morgan fingerprint density at radius 2 is 1.89 bits per heavy atom. The van der Waals surface area contributed by atoms with Crippen molar-refractivity contribution >= 4 is 17.5 Å². The highest BCUT2D eigenvalue weighted by molar-refractivity contribution is 6.06. The SMILES string of the molecule is CCOC(=O)C(CCC(C)=O)C(=O)c1ncccn1. The Kier molecular flexibility index (Phi) is 5.78. The van der Waals surface area contributed by atoms with Gasteiger partial charge in [0.15, 0.2) is 5.82 Å². The van der Waals surface area contributed by atoms with Crippen molar-refractivity contribution < 1.29 is 19.1 Å². The number of rotatable bonds is 7. The van der Waals surface area contributed by atoms with E-state index in [0.717, 1.165) is 0 Å². The number of nitrogens with zero attached hydrogens (tertiary/aromatic N) is 2. The lowest BCUT2D eigenvalue weighted by molar-refractivity contribution is -0.146. The molecule has 0 aliphatic heterocycles. The van der Waals surface area contributed by atoms with Gasteiger partial charge in [-0.1, -0.05) is 0 Å². The van der Waals surface area contributed by atoms with Gasteiger partial charge in [0.05, 0.1) is 6.61 Å². The van der Waals surface area contributed by atoms with Crippen LogP contribution in [0.2, 0.25) is 0 Å². The fraction of sp³-hybridized carbons (Fsp3) is 0.462. The number of esters is 1. The highest BCUT2D eigenvalue weighted by Crippen LogP contribution is 2.14. The fourth-order valence-corrected chi connectivity index (χ4v) is 1.53. The lowest BCUT2D eigenvalue weighted by Crippen LogP contribution is -2.28. The molecule has 0 N–H and O–H groups in total. The van der Waals surface area contributed by atoms with Gasteiger partial charge in [-0.2, -0.15) is 0 Å². The largest absolute Gasteiger partial charge is 0.465 e. The summed E-state index contributed by atoms with van der Waals surface area (Å²) in [5, 5.41) is 0. The van der Waals surface area contributed by atoms with E-state index >= 15 is 0 Å². The summed E-state index contributed by atoms with van der Waals surface area (Å²) in [4.78, 5) is 42.5. The molecule has 6 heteroatoms. The second-order valence-corrected chi connectivity index (χ2v) is 3.98. The Bertz CT molecular complexity index is 459. The van der Waals surface area contributed by atoms with Crippen LogP contribution in [0.3, 0.4) is 0 Å². The van der Waals surface area contributed by atoms with E-state index in [1.807, 2.05) is 0 Å². The Balaban J connectivity index is 2.86. The summed E-state index contributed by atoms with van der Waals surface area (Å²) in [7, 11) is 0. The van der Waals surface area contributed by atoms with Gasteiger partial charge in [0.25, 0.3) is 0 Å². The van der Waals surface area contributed by atoms with Crippen LogP contribution >= 0.6 is 0 Å². The molecule has 0 saturated carbocycles. The van der Waals surface area contributed by atoms with E-state index in [0.29, 0.717) is 0 Å². The van der Waals surface area contributed by atoms with Gasteiger partial charge >= 0.3 is 5.97 Å². The van der Waals surface area contributed by atoms with Crippen molar-refractivity contribution in [2.75, 3.05) is 6.61 Å². The smallest absolute Gasteiger partial charge is 0.316 e. The molecule has 1 unspecified atom stereocenters. The van der Waals surface area contributed by atoms with Crippen molar-refractivity contribution in [1.29, 1.82) is 0 Å². The van der Waals surface area contributed by atoms with Gasteiger partial charge < -0.3 is 9.53 Å². The Labute approximate surface area is 111 Å². The van der Waals surface area contributed by atoms with Crippen LogP contribution in [-0.2, 0) is 14.3 Å². The summed E-state index contributed by atoms with van der Waals surface area (Å²) >= 11 is 0. The minimum atomic E-state index is -1.02. The van der Waals surface area contributed by atoms with Crippen molar-refractivity contribution in [2.45, 2.75) is 26.7 Å². The molecule has 0 aromatic carbocycles. The summed E-state index contributed by atoms with van der Waals surface area (Å²) in [5.41, 5.74) is 0. The molecule has 1 atom stereocenters. The predicted octanol–water partition coefficient (Wildman–Crippen LogP) is 1.21. The minimum absolute atomic E-state index is 0.0379. The molecular formula is C13H16N2O4. The lowest BCUT2D eigenvalue weighted by Gasteiger charge is -2.12. The number of ketones is 2. The van der Waals surface area contributed by atoms with Crippen LogP contribution < -0.4 is 0 Å². The van der Waals surface area contributed by atoms with Gasteiger partial charge in [-0.05, 0) is 26.3 Å². The van der Waals surface area contributed by atoms with E-state index in [4.69, 9.17) is 4.74 Å². The maximum atomic E-state index is 12.1. The van der Waals surface area contributed by atoms with Crippen molar-refractivity contribution in [3.63, 3.8) is 0 Å². The molecule has 1 rings (SSSR count). The summed E-state index contributed by atoms with van der Waals surface area (Å²) < 4.78 is 4.85. The highest BCUT2D eigenvalue weighted by atomic mass is 16.5. The van der Waals surface area contributed by atoms with Crippen molar-refractivity contribution in [2.24, 2.45) is 5.92 Å². The molecule has 19 heavy (non-hydrogen) atoms. The zero-order chi connectivity index (χ0) is 14.3. The number of carbonyl (C=O) groups is 3. The fourth-order valence-electron chi connectivity index (χ4n) is 1.53. The number of hydrogen-bond donors (Lipinski definition) is 0. The molecule has 0 fully saturated rings. The standard InChI is InChI=1S/C13H16N2O4/c1-3-19-13(18)10(6-5-9(2)16)11(17)12-14-7-4-8-15-12/h4,7-8,10H,3,5-6H2,1-2H3. The van der Waals surface area contributed by atoms with Crippen LogP contribution in [0, 0.1) is 5.92 Å². The Morgan fingerprint density at radius 1 is 1.26 bits per heavy atom. The summed E-state index contributed by atoms with van der Waals surface area (Å²) in [6.45, 7) is 3.24. The van der Waals surface area contributed by atoms with Crippen LogP contribution in [0.15, 0.2) is 18.5 Å². The molecule has 0 aliphatic rings. The zero-order valence-electron chi connectivity index (χ0n) is 11.0. The van der Waals surface area contributed by atoms with Gasteiger partial charge in [-0.25, -0.2) is 9.97 Å². The first-order chi connectivity index (χ1) is 9.06. The van der Waals surface area contributed by atoms with Crippen molar-refractivity contribution in [1.82, 2.24) is 9.97 Å². The topological polar surface area (TPSA) is 86.2 Å². The first-order valence-electron chi connectivity index (χ1n) is 6.03. The quantitative estimate of drug-likeness (QED) is 0.418. The van der Waals surface area contributed by atoms with Gasteiger partial charge in [-0.15, -0.1) is 0 Å². The first-order valence-corrected chi connectivity index (χ1v) is 6.03. The number of Topliss-reactive ketones (excluding diaryl/α,β-unsaturated/α-hetero) is 2. The van der Waals surface area contributed by atoms with E-state index in [1.54, 1.807) is 13.0 Å². The molecule has 0 aliphatic carbocycles. The normalized spacial score (nSPS) is 11.7. The monoisotopic (exact) mass is 264 g/mol. The van der Waals surface area contributed by atoms with E-state index in [9.17, 15) is 14.4 Å². The molecule has 1 aromatic heterocycles. The number of ether oxygens (including phenoxy) is 1. The molecule has 0 saturated heterocycles. The summed E-state index contributed by atoms with van der Waals surface area (Å²) in [5.74, 6) is -2.30. The summed E-state index contributed by atoms with van der Waals surface area (Å²) in [6.07, 6.45) is 3.11. The maximum absolute atomic E-state index is 12.1. The van der Waals surface area contributed by atoms with Gasteiger partial charge in [-0.3, -0.25) is 9.59 Å². The van der Waals surface area contributed by atoms with Gasteiger partial charge in [0.1, 0.15) is 11.7 Å². The molecule has 1 aromatic rings. The van der Waals surface area contributed by atoms with Crippen LogP contribution in [0.1, 0.15) is 37.3 Å². The lowest BCUT2D eigenvalue weighted by atomic mass is 9.96. The molecule has 0 radical (unpaired) electrons. The molecule has 0 amide bonds. The second kappa shape index (κ2) is 7.35. The Morgan fingerprint density at radius 3 is 2.42 bits per heavy atom. The van der Waals surface area contributed by atoms with Crippen LogP contribution in [0.4, 0.5) is 0 Å². The average Bonchev–Trinajstić information content (AvgIpc) is 2.39. The van der Waals surface area contributed by atoms with Crippen LogP contribution in [0.5, 0.6) is 0 Å². The van der Waals surface area contributed by atoms with Crippen molar-refractivity contribution in [3.05, 3.63) is 24.3 Å². The van der Waals surface area contributed by atoms with Gasteiger partial charge in [0.2, 0.25) is 5.78 Å². The van der Waals surface area contributed by atoms with Gasteiger partial charge in [0, 0.05) is 18.8 Å². The molecule has 6 nitrogen and oxygen atoms in total. The Hall–Kier alpha value is -2.11. The third-order valence-corrected chi connectivity index (χ3v) is 2.46. The van der Waals surface area contributed by atoms with E-state index in [1.165, 1.54) is 19.3 Å².